The van der Waals surface area contributed by atoms with Crippen molar-refractivity contribution in [1.29, 1.82) is 0 Å². The number of nitrogens with two attached hydrogens (primary N) is 1. The maximum Gasteiger partial charge on any atom is 0.243 e. The van der Waals surface area contributed by atoms with Crippen molar-refractivity contribution in [2.24, 2.45) is 5.73 Å². The number of ether oxygens (including phenoxy) is 1. The number of sulfonamides is 1. The fourth-order valence-corrected chi connectivity index (χ4v) is 6.81. The van der Waals surface area contributed by atoms with Crippen LogP contribution in [0.1, 0.15) is 54.5 Å². The third-order valence-electron chi connectivity index (χ3n) is 6.71. The normalized spacial score (nSPS) is 23.8. The Morgan fingerprint density at radius 2 is 1.85 bits per heavy atom. The number of hydrogen-bond acceptors (Lipinski definition) is 4. The summed E-state index contributed by atoms with van der Waals surface area (Å²) in [4.78, 5) is 10.9. The smallest absolute Gasteiger partial charge is 0.243 e. The van der Waals surface area contributed by atoms with Gasteiger partial charge >= 0.3 is 0 Å². The standard InChI is InChI=1S/C24H28F2N2O4S/c1-16-7-8-22(17-5-3-2-4-6-17)33(30,31)28(16)13-18-11-21(26)19(12-20(18)25)24(9-10-24)15-32-14-23(27)29/h2-6,11-12,16,22H,7-10,13-15H2,1H3,(H2,27,29)/t16-,22+/m0/s1. The average Bonchev–Trinajstić information content (AvgIpc) is 3.54. The van der Waals surface area contributed by atoms with Crippen molar-refractivity contribution < 1.29 is 26.7 Å². The average molecular weight is 479 g/mol. The second kappa shape index (κ2) is 9.12. The molecule has 0 bridgehead atoms. The van der Waals surface area contributed by atoms with E-state index >= 15 is 8.78 Å². The molecule has 0 spiro atoms. The van der Waals surface area contributed by atoms with Crippen molar-refractivity contribution >= 4 is 15.9 Å². The molecule has 2 fully saturated rings. The van der Waals surface area contributed by atoms with E-state index in [9.17, 15) is 13.2 Å². The first kappa shape index (κ1) is 23.8. The second-order valence-electron chi connectivity index (χ2n) is 9.08. The van der Waals surface area contributed by atoms with Gasteiger partial charge < -0.3 is 10.5 Å². The molecular weight excluding hydrogens is 450 g/mol. The van der Waals surface area contributed by atoms with Gasteiger partial charge in [-0.2, -0.15) is 4.31 Å². The molecule has 4 rings (SSSR count). The number of halogens is 2. The Morgan fingerprint density at radius 1 is 1.15 bits per heavy atom. The molecule has 1 heterocycles. The van der Waals surface area contributed by atoms with Crippen LogP contribution in [0.15, 0.2) is 42.5 Å². The fraction of sp³-hybridized carbons (Fsp3) is 0.458. The van der Waals surface area contributed by atoms with Crippen LogP contribution in [0.5, 0.6) is 0 Å². The third kappa shape index (κ3) is 4.81. The Hall–Kier alpha value is -2.36. The number of primary amides is 1. The van der Waals surface area contributed by atoms with E-state index in [-0.39, 0.29) is 36.9 Å². The summed E-state index contributed by atoms with van der Waals surface area (Å²) in [5.41, 5.74) is 5.27. The van der Waals surface area contributed by atoms with Crippen molar-refractivity contribution in [2.75, 3.05) is 13.2 Å². The van der Waals surface area contributed by atoms with E-state index in [1.807, 2.05) is 6.07 Å². The number of carbonyl (C=O) groups excluding carboxylic acids is 1. The SMILES string of the molecule is C[C@H]1CC[C@H](c2ccccc2)S(=O)(=O)N1Cc1cc(F)c(C2(COCC(N)=O)CC2)cc1F. The minimum Gasteiger partial charge on any atom is -0.371 e. The lowest BCUT2D eigenvalue weighted by atomic mass is 9.94. The lowest BCUT2D eigenvalue weighted by molar-refractivity contribution is -0.122. The van der Waals surface area contributed by atoms with Gasteiger partial charge in [0, 0.05) is 23.6 Å². The summed E-state index contributed by atoms with van der Waals surface area (Å²) in [7, 11) is -3.76. The topological polar surface area (TPSA) is 89.7 Å². The van der Waals surface area contributed by atoms with Gasteiger partial charge in [-0.25, -0.2) is 17.2 Å². The summed E-state index contributed by atoms with van der Waals surface area (Å²) in [5, 5.41) is -0.709. The van der Waals surface area contributed by atoms with Crippen molar-refractivity contribution in [1.82, 2.24) is 4.31 Å². The van der Waals surface area contributed by atoms with E-state index in [1.54, 1.807) is 31.2 Å². The molecule has 0 aromatic heterocycles. The zero-order chi connectivity index (χ0) is 23.8. The van der Waals surface area contributed by atoms with Crippen LogP contribution in [0.3, 0.4) is 0 Å². The van der Waals surface area contributed by atoms with Gasteiger partial charge in [-0.1, -0.05) is 30.3 Å². The Bertz CT molecular complexity index is 1140. The third-order valence-corrected chi connectivity index (χ3v) is 9.08. The number of nitrogens with zero attached hydrogens (tertiary/aromatic N) is 1. The summed E-state index contributed by atoms with van der Waals surface area (Å²) in [5.74, 6) is -1.89. The Kier molecular flexibility index (Phi) is 6.57. The molecule has 2 aromatic rings. The number of benzene rings is 2. The second-order valence-corrected chi connectivity index (χ2v) is 11.1. The first-order valence-electron chi connectivity index (χ1n) is 11.0. The highest BCUT2D eigenvalue weighted by Crippen LogP contribution is 2.50. The summed E-state index contributed by atoms with van der Waals surface area (Å²) < 4.78 is 63.5. The predicted octanol–water partition coefficient (Wildman–Crippen LogP) is 3.55. The predicted molar refractivity (Wildman–Crippen MR) is 120 cm³/mol. The van der Waals surface area contributed by atoms with Gasteiger partial charge in [-0.05, 0) is 55.9 Å². The molecule has 2 aliphatic rings. The molecule has 1 saturated heterocycles. The van der Waals surface area contributed by atoms with Gasteiger partial charge in [0.2, 0.25) is 15.9 Å². The van der Waals surface area contributed by atoms with Gasteiger partial charge in [0.15, 0.2) is 0 Å². The summed E-state index contributed by atoms with van der Waals surface area (Å²) in [6.07, 6.45) is 2.32. The van der Waals surface area contributed by atoms with Crippen molar-refractivity contribution in [2.45, 2.75) is 55.9 Å². The van der Waals surface area contributed by atoms with E-state index in [1.165, 1.54) is 4.31 Å². The van der Waals surface area contributed by atoms with Crippen LogP contribution < -0.4 is 5.73 Å². The Morgan fingerprint density at radius 3 is 2.48 bits per heavy atom. The first-order chi connectivity index (χ1) is 15.6. The zero-order valence-electron chi connectivity index (χ0n) is 18.5. The molecule has 1 aliphatic heterocycles. The Balaban J connectivity index is 1.57. The number of hydrogen-bond donors (Lipinski definition) is 1. The van der Waals surface area contributed by atoms with Crippen LogP contribution in [-0.2, 0) is 31.5 Å². The zero-order valence-corrected chi connectivity index (χ0v) is 19.3. The van der Waals surface area contributed by atoms with E-state index < -0.39 is 38.2 Å². The number of carbonyl (C=O) groups is 1. The molecule has 1 saturated carbocycles. The summed E-state index contributed by atoms with van der Waals surface area (Å²) in [6.45, 7) is 1.34. The maximum absolute atomic E-state index is 15.1. The van der Waals surface area contributed by atoms with Crippen molar-refractivity contribution in [3.63, 3.8) is 0 Å². The molecule has 6 nitrogen and oxygen atoms in total. The van der Waals surface area contributed by atoms with Gasteiger partial charge in [-0.15, -0.1) is 0 Å². The van der Waals surface area contributed by atoms with Gasteiger partial charge in [0.05, 0.1) is 6.61 Å². The van der Waals surface area contributed by atoms with Gasteiger partial charge in [-0.3, -0.25) is 4.79 Å². The largest absolute Gasteiger partial charge is 0.371 e. The lowest BCUT2D eigenvalue weighted by Gasteiger charge is -2.37. The van der Waals surface area contributed by atoms with Crippen molar-refractivity contribution in [3.8, 4) is 0 Å². The highest BCUT2D eigenvalue weighted by atomic mass is 32.2. The molecule has 2 N–H and O–H groups in total. The molecule has 0 unspecified atom stereocenters. The lowest BCUT2D eigenvalue weighted by Crippen LogP contribution is -2.44. The molecule has 0 radical (unpaired) electrons. The first-order valence-corrected chi connectivity index (χ1v) is 12.5. The molecule has 2 atom stereocenters. The molecule has 178 valence electrons. The van der Waals surface area contributed by atoms with E-state index in [0.717, 1.165) is 12.1 Å². The molecule has 1 aliphatic carbocycles. The minimum absolute atomic E-state index is 0.00533. The summed E-state index contributed by atoms with van der Waals surface area (Å²) in [6, 6.07) is 10.9. The number of rotatable bonds is 8. The van der Waals surface area contributed by atoms with Crippen LogP contribution in [-0.4, -0.2) is 37.9 Å². The molecular formula is C24H28F2N2O4S. The number of amides is 1. The van der Waals surface area contributed by atoms with Crippen molar-refractivity contribution in [3.05, 3.63) is 70.8 Å². The van der Waals surface area contributed by atoms with Crippen LogP contribution >= 0.6 is 0 Å². The fourth-order valence-electron chi connectivity index (χ4n) is 4.62. The van der Waals surface area contributed by atoms with Crippen LogP contribution in [0.25, 0.3) is 0 Å². The van der Waals surface area contributed by atoms with Crippen LogP contribution in [0.2, 0.25) is 0 Å². The van der Waals surface area contributed by atoms with Gasteiger partial charge in [0.25, 0.3) is 0 Å². The maximum atomic E-state index is 15.1. The van der Waals surface area contributed by atoms with Gasteiger partial charge in [0.1, 0.15) is 23.5 Å². The Labute approximate surface area is 192 Å². The molecule has 9 heteroatoms. The quantitative estimate of drug-likeness (QED) is 0.628. The van der Waals surface area contributed by atoms with E-state index in [0.29, 0.717) is 31.2 Å². The summed E-state index contributed by atoms with van der Waals surface area (Å²) >= 11 is 0. The highest BCUT2D eigenvalue weighted by molar-refractivity contribution is 7.89. The van der Waals surface area contributed by atoms with Crippen LogP contribution in [0, 0.1) is 11.6 Å². The minimum atomic E-state index is -3.76. The molecule has 2 aromatic carbocycles. The van der Waals surface area contributed by atoms with E-state index in [4.69, 9.17) is 10.5 Å². The van der Waals surface area contributed by atoms with E-state index in [2.05, 4.69) is 0 Å². The highest BCUT2D eigenvalue weighted by Gasteiger charge is 2.47. The molecule has 1 amide bonds. The molecule has 33 heavy (non-hydrogen) atoms. The van der Waals surface area contributed by atoms with Crippen LogP contribution in [0.4, 0.5) is 8.78 Å². The monoisotopic (exact) mass is 478 g/mol.